The molecular weight excluding hydrogens is 386 g/mol. The molecule has 2 aliphatic heterocycles. The third kappa shape index (κ3) is 4.53. The van der Waals surface area contributed by atoms with Gasteiger partial charge in [0, 0.05) is 50.9 Å². The number of aromatic nitrogens is 1. The number of carbonyl (C=O) groups excluding carboxylic acids is 2. The summed E-state index contributed by atoms with van der Waals surface area (Å²) in [4.78, 5) is 42.7. The van der Waals surface area contributed by atoms with Crippen LogP contribution in [0.25, 0.3) is 0 Å². The average molecular weight is 420 g/mol. The second-order valence-electron chi connectivity index (χ2n) is 8.50. The van der Waals surface area contributed by atoms with Crippen LogP contribution in [0.5, 0.6) is 5.75 Å². The van der Waals surface area contributed by atoms with Crippen LogP contribution in [0.4, 0.5) is 0 Å². The number of esters is 1. The SMILES string of the molecule is COC(=O)[C@@H]1CCCCN1C(=O)c1c(OC)cc(=O)n2c1CCN(CC(C)C)CC2. The molecule has 8 nitrogen and oxygen atoms in total. The maximum atomic E-state index is 13.7. The van der Waals surface area contributed by atoms with Crippen molar-refractivity contribution in [2.75, 3.05) is 40.4 Å². The minimum absolute atomic E-state index is 0.159. The number of pyridine rings is 1. The van der Waals surface area contributed by atoms with Crippen LogP contribution in [-0.2, 0) is 22.5 Å². The van der Waals surface area contributed by atoms with E-state index in [1.54, 1.807) is 9.47 Å². The Hall–Kier alpha value is -2.35. The van der Waals surface area contributed by atoms with Gasteiger partial charge in [-0.15, -0.1) is 0 Å². The van der Waals surface area contributed by atoms with E-state index in [0.29, 0.717) is 43.1 Å². The summed E-state index contributed by atoms with van der Waals surface area (Å²) in [6.45, 7) is 7.84. The number of nitrogens with zero attached hydrogens (tertiary/aromatic N) is 3. The molecule has 3 heterocycles. The van der Waals surface area contributed by atoms with E-state index in [2.05, 4.69) is 18.7 Å². The van der Waals surface area contributed by atoms with Crippen molar-refractivity contribution in [3.8, 4) is 5.75 Å². The smallest absolute Gasteiger partial charge is 0.328 e. The van der Waals surface area contributed by atoms with Crippen LogP contribution in [0.1, 0.15) is 49.2 Å². The predicted molar refractivity (Wildman–Crippen MR) is 113 cm³/mol. The number of hydrogen-bond acceptors (Lipinski definition) is 6. The van der Waals surface area contributed by atoms with Crippen molar-refractivity contribution in [3.05, 3.63) is 27.7 Å². The summed E-state index contributed by atoms with van der Waals surface area (Å²) >= 11 is 0. The van der Waals surface area contributed by atoms with E-state index in [1.807, 2.05) is 0 Å². The largest absolute Gasteiger partial charge is 0.496 e. The van der Waals surface area contributed by atoms with Crippen LogP contribution in [0.15, 0.2) is 10.9 Å². The average Bonchev–Trinajstić information content (AvgIpc) is 2.95. The molecule has 1 saturated heterocycles. The molecule has 1 aromatic rings. The molecule has 166 valence electrons. The number of methoxy groups -OCH3 is 2. The van der Waals surface area contributed by atoms with Gasteiger partial charge in [-0.3, -0.25) is 9.59 Å². The molecule has 8 heteroatoms. The highest BCUT2D eigenvalue weighted by atomic mass is 16.5. The molecule has 0 saturated carbocycles. The molecule has 0 aliphatic carbocycles. The lowest BCUT2D eigenvalue weighted by molar-refractivity contribution is -0.147. The van der Waals surface area contributed by atoms with Gasteiger partial charge in [-0.2, -0.15) is 0 Å². The maximum absolute atomic E-state index is 13.7. The monoisotopic (exact) mass is 419 g/mol. The van der Waals surface area contributed by atoms with Crippen LogP contribution in [0, 0.1) is 5.92 Å². The zero-order valence-corrected chi connectivity index (χ0v) is 18.5. The highest BCUT2D eigenvalue weighted by Gasteiger charge is 2.36. The van der Waals surface area contributed by atoms with Crippen molar-refractivity contribution < 1.29 is 19.1 Å². The number of ether oxygens (including phenoxy) is 2. The van der Waals surface area contributed by atoms with Crippen LogP contribution < -0.4 is 10.3 Å². The van der Waals surface area contributed by atoms with E-state index >= 15 is 0 Å². The number of likely N-dealkylation sites (tertiary alicyclic amines) is 1. The third-order valence-corrected chi connectivity index (χ3v) is 5.98. The Morgan fingerprint density at radius 2 is 1.90 bits per heavy atom. The molecule has 0 aromatic carbocycles. The summed E-state index contributed by atoms with van der Waals surface area (Å²) in [7, 11) is 2.82. The number of rotatable bonds is 5. The highest BCUT2D eigenvalue weighted by molar-refractivity contribution is 6.00. The minimum Gasteiger partial charge on any atom is -0.496 e. The van der Waals surface area contributed by atoms with Gasteiger partial charge in [-0.1, -0.05) is 13.8 Å². The first-order valence-corrected chi connectivity index (χ1v) is 10.8. The first-order chi connectivity index (χ1) is 14.4. The number of carbonyl (C=O) groups is 2. The Bertz CT molecular complexity index is 848. The van der Waals surface area contributed by atoms with E-state index in [0.717, 1.165) is 32.5 Å². The van der Waals surface area contributed by atoms with Gasteiger partial charge in [0.15, 0.2) is 0 Å². The van der Waals surface area contributed by atoms with Gasteiger partial charge in [-0.25, -0.2) is 4.79 Å². The molecule has 1 atom stereocenters. The number of hydrogen-bond donors (Lipinski definition) is 0. The quantitative estimate of drug-likeness (QED) is 0.674. The van der Waals surface area contributed by atoms with Crippen LogP contribution in [-0.4, -0.2) is 72.7 Å². The van der Waals surface area contributed by atoms with Crippen molar-refractivity contribution in [3.63, 3.8) is 0 Å². The summed E-state index contributed by atoms with van der Waals surface area (Å²) in [5.41, 5.74) is 0.942. The number of amides is 1. The number of piperidine rings is 1. The Morgan fingerprint density at radius 1 is 1.13 bits per heavy atom. The van der Waals surface area contributed by atoms with E-state index in [-0.39, 0.29) is 17.2 Å². The number of fused-ring (bicyclic) bond motifs is 1. The Balaban J connectivity index is 2.01. The first-order valence-electron chi connectivity index (χ1n) is 10.8. The van der Waals surface area contributed by atoms with Gasteiger partial charge in [0.05, 0.1) is 14.2 Å². The fourth-order valence-electron chi connectivity index (χ4n) is 4.58. The minimum atomic E-state index is -0.600. The molecule has 1 amide bonds. The zero-order valence-electron chi connectivity index (χ0n) is 18.5. The van der Waals surface area contributed by atoms with Gasteiger partial charge < -0.3 is 23.8 Å². The predicted octanol–water partition coefficient (Wildman–Crippen LogP) is 1.54. The molecule has 0 spiro atoms. The van der Waals surface area contributed by atoms with E-state index in [4.69, 9.17) is 9.47 Å². The van der Waals surface area contributed by atoms with Crippen molar-refractivity contribution in [2.45, 2.75) is 52.1 Å². The maximum Gasteiger partial charge on any atom is 0.328 e. The van der Waals surface area contributed by atoms with Gasteiger partial charge >= 0.3 is 5.97 Å². The van der Waals surface area contributed by atoms with Crippen molar-refractivity contribution in [2.24, 2.45) is 5.92 Å². The molecular formula is C22H33N3O5. The Labute approximate surface area is 177 Å². The molecule has 1 aromatic heterocycles. The molecule has 30 heavy (non-hydrogen) atoms. The lowest BCUT2D eigenvalue weighted by Gasteiger charge is -2.34. The topological polar surface area (TPSA) is 81.1 Å². The first kappa shape index (κ1) is 22.3. The Morgan fingerprint density at radius 3 is 2.57 bits per heavy atom. The molecule has 2 aliphatic rings. The third-order valence-electron chi connectivity index (χ3n) is 5.98. The second-order valence-corrected chi connectivity index (χ2v) is 8.50. The van der Waals surface area contributed by atoms with E-state index in [9.17, 15) is 14.4 Å². The van der Waals surface area contributed by atoms with Gasteiger partial charge in [-0.05, 0) is 25.2 Å². The van der Waals surface area contributed by atoms with Gasteiger partial charge in [0.25, 0.3) is 11.5 Å². The van der Waals surface area contributed by atoms with E-state index in [1.165, 1.54) is 20.3 Å². The van der Waals surface area contributed by atoms with Crippen molar-refractivity contribution >= 4 is 11.9 Å². The molecule has 0 N–H and O–H groups in total. The summed E-state index contributed by atoms with van der Waals surface area (Å²) in [6, 6.07) is 0.795. The molecule has 0 radical (unpaired) electrons. The zero-order chi connectivity index (χ0) is 21.8. The van der Waals surface area contributed by atoms with Crippen LogP contribution in [0.3, 0.4) is 0 Å². The van der Waals surface area contributed by atoms with Crippen LogP contribution >= 0.6 is 0 Å². The Kier molecular flexibility index (Phi) is 7.18. The second kappa shape index (κ2) is 9.64. The van der Waals surface area contributed by atoms with E-state index < -0.39 is 12.0 Å². The molecule has 3 rings (SSSR count). The lowest BCUT2D eigenvalue weighted by Crippen LogP contribution is -2.49. The summed E-state index contributed by atoms with van der Waals surface area (Å²) < 4.78 is 12.1. The lowest BCUT2D eigenvalue weighted by atomic mass is 9.99. The standard InChI is InChI=1S/C22H33N3O5/c1-15(2)14-23-10-8-16-20(18(29-3)13-19(26)24(16)12-11-23)21(27)25-9-6-5-7-17(25)22(28)30-4/h13,15,17H,5-12,14H2,1-4H3/t17-/m0/s1. The van der Waals surface area contributed by atoms with Crippen molar-refractivity contribution in [1.82, 2.24) is 14.4 Å². The fourth-order valence-corrected chi connectivity index (χ4v) is 4.58. The van der Waals surface area contributed by atoms with Gasteiger partial charge in [0.2, 0.25) is 0 Å². The summed E-state index contributed by atoms with van der Waals surface area (Å²) in [5, 5.41) is 0. The molecule has 1 fully saturated rings. The fraction of sp³-hybridized carbons (Fsp3) is 0.682. The van der Waals surface area contributed by atoms with Crippen molar-refractivity contribution in [1.29, 1.82) is 0 Å². The summed E-state index contributed by atoms with van der Waals surface area (Å²) in [5.74, 6) is 0.141. The van der Waals surface area contributed by atoms with Gasteiger partial charge in [0.1, 0.15) is 17.4 Å². The summed E-state index contributed by atoms with van der Waals surface area (Å²) in [6.07, 6.45) is 2.87. The highest BCUT2D eigenvalue weighted by Crippen LogP contribution is 2.28. The molecule has 0 bridgehead atoms. The normalized spacial score (nSPS) is 19.9. The molecule has 0 unspecified atom stereocenters. The van der Waals surface area contributed by atoms with Crippen LogP contribution in [0.2, 0.25) is 0 Å².